The third-order valence-corrected chi connectivity index (χ3v) is 6.55. The first-order valence-corrected chi connectivity index (χ1v) is 10.7. The second-order valence-electron chi connectivity index (χ2n) is 8.45. The molecule has 2 aromatic heterocycles. The van der Waals surface area contributed by atoms with Crippen molar-refractivity contribution in [1.29, 1.82) is 0 Å². The number of aliphatic hydroxyl groups is 1. The highest BCUT2D eigenvalue weighted by atomic mass is 19.1. The number of esters is 1. The van der Waals surface area contributed by atoms with Gasteiger partial charge in [0.05, 0.1) is 35.4 Å². The van der Waals surface area contributed by atoms with Gasteiger partial charge in [0.15, 0.2) is 0 Å². The van der Waals surface area contributed by atoms with Crippen LogP contribution in [0.25, 0.3) is 22.3 Å². The number of aromatic nitrogens is 2. The molecule has 3 aromatic rings. The number of rotatable bonds is 3. The molecule has 2 atom stereocenters. The van der Waals surface area contributed by atoms with Crippen LogP contribution in [0.3, 0.4) is 0 Å². The first kappa shape index (κ1) is 20.8. The van der Waals surface area contributed by atoms with Crippen LogP contribution in [-0.2, 0) is 28.1 Å². The van der Waals surface area contributed by atoms with E-state index in [1.807, 2.05) is 6.92 Å². The van der Waals surface area contributed by atoms with Gasteiger partial charge in [-0.3, -0.25) is 9.59 Å². The van der Waals surface area contributed by atoms with Crippen molar-refractivity contribution in [3.63, 3.8) is 0 Å². The van der Waals surface area contributed by atoms with Crippen LogP contribution in [-0.4, -0.2) is 20.6 Å². The van der Waals surface area contributed by atoms with E-state index < -0.39 is 35.7 Å². The molecule has 0 saturated heterocycles. The number of nitrogens with zero attached hydrogens (tertiary/aromatic N) is 2. The lowest BCUT2D eigenvalue weighted by Crippen LogP contribution is -2.32. The molecule has 8 heteroatoms. The minimum atomic E-state index is -2.26. The van der Waals surface area contributed by atoms with Gasteiger partial charge in [0, 0.05) is 22.6 Å². The monoisotopic (exact) mass is 440 g/mol. The Balaban J connectivity index is 1.83. The van der Waals surface area contributed by atoms with Gasteiger partial charge in [-0.05, 0) is 36.6 Å². The molecule has 2 aliphatic rings. The zero-order valence-electron chi connectivity index (χ0n) is 17.7. The largest absolute Gasteiger partial charge is 0.426 e. The summed E-state index contributed by atoms with van der Waals surface area (Å²) in [4.78, 5) is 30.1. The first-order chi connectivity index (χ1) is 15.3. The summed E-state index contributed by atoms with van der Waals surface area (Å²) >= 11 is 0. The molecular weight excluding hydrogens is 418 g/mol. The van der Waals surface area contributed by atoms with Crippen molar-refractivity contribution in [3.8, 4) is 11.4 Å². The maximum atomic E-state index is 14.9. The molecule has 1 aromatic carbocycles. The van der Waals surface area contributed by atoms with Crippen molar-refractivity contribution in [3.05, 3.63) is 62.7 Å². The Morgan fingerprint density at radius 2 is 2.06 bits per heavy atom. The van der Waals surface area contributed by atoms with E-state index in [-0.39, 0.29) is 24.1 Å². The highest BCUT2D eigenvalue weighted by molar-refractivity contribution is 5.88. The molecular formula is C24H22F2N2O4. The van der Waals surface area contributed by atoms with Crippen LogP contribution in [0, 0.1) is 5.82 Å². The topological polar surface area (TPSA) is 81.4 Å². The van der Waals surface area contributed by atoms with E-state index in [1.165, 1.54) is 22.8 Å². The number of alkyl halides is 1. The predicted molar refractivity (Wildman–Crippen MR) is 113 cm³/mol. The third kappa shape index (κ3) is 2.89. The quantitative estimate of drug-likeness (QED) is 0.487. The summed E-state index contributed by atoms with van der Waals surface area (Å²) in [5.41, 5.74) is 0.482. The summed E-state index contributed by atoms with van der Waals surface area (Å²) in [7, 11) is 0. The lowest BCUT2D eigenvalue weighted by atomic mass is 9.85. The van der Waals surface area contributed by atoms with Gasteiger partial charge in [-0.15, -0.1) is 0 Å². The molecule has 0 aliphatic carbocycles. The standard InChI is InChI=1S/C24H22F2N2O4/c1-3-5-13-14-7-6-12(25)8-17(14)27-21-15(13)11-28-18(21)9-16-20(23(28)30)22(26)32-19(29)10-24(16,31)4-2/h6-9,22,31H,3-5,10-11H2,1-2H3/t22?,24-/m1/s1. The molecule has 5 rings (SSSR count). The molecule has 0 spiro atoms. The van der Waals surface area contributed by atoms with Gasteiger partial charge in [-0.2, -0.15) is 4.39 Å². The Hall–Kier alpha value is -3.13. The summed E-state index contributed by atoms with van der Waals surface area (Å²) in [5, 5.41) is 12.0. The maximum Gasteiger partial charge on any atom is 0.311 e. The first-order valence-electron chi connectivity index (χ1n) is 10.7. The lowest BCUT2D eigenvalue weighted by molar-refractivity contribution is -0.161. The summed E-state index contributed by atoms with van der Waals surface area (Å²) in [5.74, 6) is -1.33. The Morgan fingerprint density at radius 1 is 1.28 bits per heavy atom. The van der Waals surface area contributed by atoms with E-state index >= 15 is 0 Å². The number of pyridine rings is 2. The molecule has 0 bridgehead atoms. The highest BCUT2D eigenvalue weighted by Crippen LogP contribution is 2.42. The van der Waals surface area contributed by atoms with Crippen LogP contribution in [0.2, 0.25) is 0 Å². The zero-order valence-corrected chi connectivity index (χ0v) is 17.7. The average molecular weight is 440 g/mol. The van der Waals surface area contributed by atoms with E-state index in [4.69, 9.17) is 4.74 Å². The van der Waals surface area contributed by atoms with E-state index in [2.05, 4.69) is 4.98 Å². The third-order valence-electron chi connectivity index (χ3n) is 6.55. The number of fused-ring (bicyclic) bond motifs is 5. The number of carbonyl (C=O) groups is 1. The number of hydrogen-bond donors (Lipinski definition) is 1. The molecule has 6 nitrogen and oxygen atoms in total. The second-order valence-corrected chi connectivity index (χ2v) is 8.45. The highest BCUT2D eigenvalue weighted by Gasteiger charge is 2.43. The molecule has 4 heterocycles. The van der Waals surface area contributed by atoms with Gasteiger partial charge in [0.1, 0.15) is 11.4 Å². The van der Waals surface area contributed by atoms with Crippen LogP contribution in [0.5, 0.6) is 0 Å². The Labute approximate surface area is 182 Å². The van der Waals surface area contributed by atoms with Gasteiger partial charge in [-0.25, -0.2) is 9.37 Å². The van der Waals surface area contributed by atoms with Crippen LogP contribution in [0.4, 0.5) is 8.78 Å². The molecule has 32 heavy (non-hydrogen) atoms. The predicted octanol–water partition coefficient (Wildman–Crippen LogP) is 4.03. The van der Waals surface area contributed by atoms with Crippen molar-refractivity contribution in [2.45, 2.75) is 58.0 Å². The van der Waals surface area contributed by atoms with E-state index in [0.29, 0.717) is 23.3 Å². The van der Waals surface area contributed by atoms with Crippen LogP contribution in [0.1, 0.15) is 61.7 Å². The summed E-state index contributed by atoms with van der Waals surface area (Å²) in [6.45, 7) is 3.86. The Kier molecular flexibility index (Phi) is 4.67. The van der Waals surface area contributed by atoms with Crippen molar-refractivity contribution >= 4 is 16.9 Å². The van der Waals surface area contributed by atoms with Gasteiger partial charge >= 0.3 is 5.97 Å². The molecule has 166 valence electrons. The molecule has 0 fully saturated rings. The fourth-order valence-electron chi connectivity index (χ4n) is 4.91. The average Bonchev–Trinajstić information content (AvgIpc) is 3.07. The van der Waals surface area contributed by atoms with Gasteiger partial charge < -0.3 is 14.4 Å². The number of aryl methyl sites for hydroxylation is 1. The normalized spacial score (nSPS) is 21.7. The van der Waals surface area contributed by atoms with Crippen LogP contribution >= 0.6 is 0 Å². The van der Waals surface area contributed by atoms with E-state index in [0.717, 1.165) is 22.9 Å². The summed E-state index contributed by atoms with van der Waals surface area (Å²) in [6, 6.07) is 5.96. The van der Waals surface area contributed by atoms with Gasteiger partial charge in [-0.1, -0.05) is 20.3 Å². The molecule has 1 unspecified atom stereocenters. The minimum Gasteiger partial charge on any atom is -0.426 e. The number of cyclic esters (lactones) is 1. The van der Waals surface area contributed by atoms with E-state index in [1.54, 1.807) is 13.0 Å². The molecule has 0 saturated carbocycles. The van der Waals surface area contributed by atoms with Crippen molar-refractivity contribution < 1.29 is 23.4 Å². The van der Waals surface area contributed by atoms with E-state index in [9.17, 15) is 23.5 Å². The fraction of sp³-hybridized carbons (Fsp3) is 0.375. The summed E-state index contributed by atoms with van der Waals surface area (Å²) < 4.78 is 35.0. The van der Waals surface area contributed by atoms with Crippen molar-refractivity contribution in [2.24, 2.45) is 0 Å². The van der Waals surface area contributed by atoms with Crippen molar-refractivity contribution in [2.75, 3.05) is 0 Å². The minimum absolute atomic E-state index is 0.0423. The van der Waals surface area contributed by atoms with Crippen LogP contribution in [0.15, 0.2) is 29.1 Å². The molecule has 0 radical (unpaired) electrons. The summed E-state index contributed by atoms with van der Waals surface area (Å²) in [6.07, 6.45) is -1.08. The number of carbonyl (C=O) groups excluding carboxylic acids is 1. The smallest absolute Gasteiger partial charge is 0.311 e. The number of hydrogen-bond acceptors (Lipinski definition) is 5. The SMILES string of the molecule is CCCc1c2c(nc3cc(F)ccc13)-c1cc3c(c(=O)n1C2)C(F)OC(=O)C[C@]3(O)CC. The van der Waals surface area contributed by atoms with Gasteiger partial charge in [0.25, 0.3) is 11.9 Å². The number of ether oxygens (including phenoxy) is 1. The maximum absolute atomic E-state index is 14.9. The van der Waals surface area contributed by atoms with Crippen LogP contribution < -0.4 is 5.56 Å². The molecule has 1 N–H and O–H groups in total. The Bertz CT molecular complexity index is 1350. The van der Waals surface area contributed by atoms with Gasteiger partial charge in [0.2, 0.25) is 0 Å². The Morgan fingerprint density at radius 3 is 2.78 bits per heavy atom. The number of halogens is 2. The molecule has 0 amide bonds. The molecule has 2 aliphatic heterocycles. The lowest BCUT2D eigenvalue weighted by Gasteiger charge is -2.26. The fourth-order valence-corrected chi connectivity index (χ4v) is 4.91. The van der Waals surface area contributed by atoms with Crippen molar-refractivity contribution in [1.82, 2.24) is 9.55 Å². The zero-order chi connectivity index (χ0) is 22.8. The number of benzene rings is 1. The second kappa shape index (κ2) is 7.20.